The first kappa shape index (κ1) is 10.9. The average molecular weight is 203 g/mol. The minimum absolute atomic E-state index is 0.113. The van der Waals surface area contributed by atoms with Crippen LogP contribution in [0, 0.1) is 0 Å². The quantitative estimate of drug-likeness (QED) is 0.688. The van der Waals surface area contributed by atoms with Gasteiger partial charge in [-0.15, -0.1) is 11.8 Å². The van der Waals surface area contributed by atoms with Gasteiger partial charge >= 0.3 is 5.97 Å². The van der Waals surface area contributed by atoms with E-state index in [0.717, 1.165) is 6.54 Å². The molecule has 1 atom stereocenters. The maximum atomic E-state index is 11.5. The van der Waals surface area contributed by atoms with Gasteiger partial charge in [0, 0.05) is 11.3 Å². The van der Waals surface area contributed by atoms with Crippen molar-refractivity contribution in [2.75, 3.05) is 13.2 Å². The molecule has 1 rings (SSSR count). The highest BCUT2D eigenvalue weighted by Crippen LogP contribution is 2.40. The Labute approximate surface area is 83.6 Å². The zero-order valence-corrected chi connectivity index (χ0v) is 9.46. The Kier molecular flexibility index (Phi) is 2.92. The predicted molar refractivity (Wildman–Crippen MR) is 54.7 cm³/mol. The van der Waals surface area contributed by atoms with Gasteiger partial charge < -0.3 is 4.74 Å². The van der Waals surface area contributed by atoms with Gasteiger partial charge in [0.1, 0.15) is 0 Å². The normalized spacial score (nSPS) is 31.7. The van der Waals surface area contributed by atoms with Crippen molar-refractivity contribution in [2.45, 2.75) is 37.3 Å². The van der Waals surface area contributed by atoms with Crippen LogP contribution >= 0.6 is 11.8 Å². The van der Waals surface area contributed by atoms with Gasteiger partial charge in [0.05, 0.1) is 6.61 Å². The molecule has 1 saturated heterocycles. The van der Waals surface area contributed by atoms with Crippen LogP contribution in [0.15, 0.2) is 0 Å². The SMILES string of the molecule is CCOC(=O)C1(C)NCC(C)(C)S1. The number of carbonyl (C=O) groups excluding carboxylic acids is 1. The van der Waals surface area contributed by atoms with Gasteiger partial charge in [-0.05, 0) is 27.7 Å². The zero-order valence-electron chi connectivity index (χ0n) is 8.64. The van der Waals surface area contributed by atoms with E-state index in [-0.39, 0.29) is 10.7 Å². The zero-order chi connectivity index (χ0) is 10.1. The fraction of sp³-hybridized carbons (Fsp3) is 0.889. The molecule has 0 aromatic rings. The third kappa shape index (κ3) is 2.38. The molecule has 1 unspecified atom stereocenters. The van der Waals surface area contributed by atoms with E-state index in [0.29, 0.717) is 6.61 Å². The first-order chi connectivity index (χ1) is 5.90. The predicted octanol–water partition coefficient (Wildman–Crippen LogP) is 1.38. The Morgan fingerprint density at radius 3 is 2.54 bits per heavy atom. The molecule has 3 nitrogen and oxygen atoms in total. The van der Waals surface area contributed by atoms with Crippen molar-refractivity contribution in [2.24, 2.45) is 0 Å². The molecule has 13 heavy (non-hydrogen) atoms. The monoisotopic (exact) mass is 203 g/mol. The molecule has 0 aliphatic carbocycles. The van der Waals surface area contributed by atoms with Gasteiger partial charge in [-0.1, -0.05) is 0 Å². The van der Waals surface area contributed by atoms with Crippen LogP contribution in [0.1, 0.15) is 27.7 Å². The minimum Gasteiger partial charge on any atom is -0.464 e. The first-order valence-corrected chi connectivity index (χ1v) is 5.34. The molecule has 0 radical (unpaired) electrons. The Morgan fingerprint density at radius 1 is 1.54 bits per heavy atom. The summed E-state index contributed by atoms with van der Waals surface area (Å²) in [6.45, 7) is 9.23. The largest absolute Gasteiger partial charge is 0.464 e. The summed E-state index contributed by atoms with van der Waals surface area (Å²) in [5, 5.41) is 3.20. The van der Waals surface area contributed by atoms with Crippen LogP contribution in [0.25, 0.3) is 0 Å². The second-order valence-corrected chi connectivity index (χ2v) is 6.09. The molecule has 1 N–H and O–H groups in total. The van der Waals surface area contributed by atoms with E-state index in [2.05, 4.69) is 19.2 Å². The van der Waals surface area contributed by atoms with Crippen molar-refractivity contribution in [3.63, 3.8) is 0 Å². The van der Waals surface area contributed by atoms with Gasteiger partial charge in [-0.2, -0.15) is 0 Å². The lowest BCUT2D eigenvalue weighted by Crippen LogP contribution is -2.43. The summed E-state index contributed by atoms with van der Waals surface area (Å²) in [7, 11) is 0. The average Bonchev–Trinajstić information content (AvgIpc) is 2.28. The number of hydrogen-bond donors (Lipinski definition) is 1. The number of hydrogen-bond acceptors (Lipinski definition) is 4. The van der Waals surface area contributed by atoms with E-state index < -0.39 is 4.87 Å². The molecular weight excluding hydrogens is 186 g/mol. The van der Waals surface area contributed by atoms with E-state index in [1.165, 1.54) is 0 Å². The number of ether oxygens (including phenoxy) is 1. The lowest BCUT2D eigenvalue weighted by Gasteiger charge is -2.22. The van der Waals surface area contributed by atoms with Crippen molar-refractivity contribution in [3.05, 3.63) is 0 Å². The first-order valence-electron chi connectivity index (χ1n) is 4.52. The van der Waals surface area contributed by atoms with Crippen molar-refractivity contribution in [1.82, 2.24) is 5.32 Å². The van der Waals surface area contributed by atoms with Crippen molar-refractivity contribution in [3.8, 4) is 0 Å². The summed E-state index contributed by atoms with van der Waals surface area (Å²) in [4.78, 5) is 11.0. The van der Waals surface area contributed by atoms with Crippen LogP contribution in [-0.2, 0) is 9.53 Å². The summed E-state index contributed by atoms with van der Waals surface area (Å²) >= 11 is 1.63. The number of carbonyl (C=O) groups is 1. The highest BCUT2D eigenvalue weighted by molar-refractivity contribution is 8.02. The standard InChI is InChI=1S/C9H17NO2S/c1-5-12-7(11)9(4)10-6-8(2,3)13-9/h10H,5-6H2,1-4H3. The Bertz CT molecular complexity index is 218. The second-order valence-electron chi connectivity index (χ2n) is 3.97. The van der Waals surface area contributed by atoms with E-state index in [1.807, 2.05) is 13.8 Å². The van der Waals surface area contributed by atoms with Gasteiger partial charge in [0.25, 0.3) is 0 Å². The smallest absolute Gasteiger partial charge is 0.336 e. The molecule has 1 aliphatic rings. The van der Waals surface area contributed by atoms with Crippen LogP contribution in [0.5, 0.6) is 0 Å². The lowest BCUT2D eigenvalue weighted by molar-refractivity contribution is -0.146. The molecular formula is C9H17NO2S. The maximum absolute atomic E-state index is 11.5. The molecule has 1 fully saturated rings. The summed E-state index contributed by atoms with van der Waals surface area (Å²) in [5.41, 5.74) is 0. The fourth-order valence-electron chi connectivity index (χ4n) is 1.39. The molecule has 76 valence electrons. The van der Waals surface area contributed by atoms with E-state index in [4.69, 9.17) is 4.74 Å². The molecule has 0 amide bonds. The van der Waals surface area contributed by atoms with Crippen LogP contribution in [-0.4, -0.2) is 28.7 Å². The maximum Gasteiger partial charge on any atom is 0.336 e. The molecule has 0 aromatic carbocycles. The van der Waals surface area contributed by atoms with E-state index in [1.54, 1.807) is 11.8 Å². The third-order valence-corrected chi connectivity index (χ3v) is 3.41. The Balaban J connectivity index is 2.64. The van der Waals surface area contributed by atoms with E-state index in [9.17, 15) is 4.79 Å². The molecule has 0 bridgehead atoms. The molecule has 1 heterocycles. The number of nitrogens with one attached hydrogen (secondary N) is 1. The van der Waals surface area contributed by atoms with Gasteiger partial charge in [-0.25, -0.2) is 4.79 Å². The second kappa shape index (κ2) is 3.50. The van der Waals surface area contributed by atoms with Crippen molar-refractivity contribution in [1.29, 1.82) is 0 Å². The lowest BCUT2D eigenvalue weighted by atomic mass is 10.2. The van der Waals surface area contributed by atoms with E-state index >= 15 is 0 Å². The highest BCUT2D eigenvalue weighted by atomic mass is 32.2. The van der Waals surface area contributed by atoms with Crippen LogP contribution in [0.2, 0.25) is 0 Å². The van der Waals surface area contributed by atoms with Crippen molar-refractivity contribution < 1.29 is 9.53 Å². The summed E-state index contributed by atoms with van der Waals surface area (Å²) in [5.74, 6) is -0.162. The summed E-state index contributed by atoms with van der Waals surface area (Å²) < 4.78 is 5.11. The number of esters is 1. The van der Waals surface area contributed by atoms with Crippen LogP contribution < -0.4 is 5.32 Å². The minimum atomic E-state index is -0.556. The fourth-order valence-corrected chi connectivity index (χ4v) is 2.93. The summed E-state index contributed by atoms with van der Waals surface area (Å²) in [6, 6.07) is 0. The topological polar surface area (TPSA) is 38.3 Å². The third-order valence-electron chi connectivity index (χ3n) is 2.00. The Hall–Kier alpha value is -0.220. The number of thioether (sulfide) groups is 1. The molecule has 0 saturated carbocycles. The number of rotatable bonds is 2. The molecule has 0 aromatic heterocycles. The summed E-state index contributed by atoms with van der Waals surface area (Å²) in [6.07, 6.45) is 0. The van der Waals surface area contributed by atoms with Gasteiger partial charge in [0.15, 0.2) is 4.87 Å². The van der Waals surface area contributed by atoms with Gasteiger partial charge in [0.2, 0.25) is 0 Å². The molecule has 1 aliphatic heterocycles. The molecule has 0 spiro atoms. The van der Waals surface area contributed by atoms with Crippen LogP contribution in [0.4, 0.5) is 0 Å². The van der Waals surface area contributed by atoms with Gasteiger partial charge in [-0.3, -0.25) is 5.32 Å². The van der Waals surface area contributed by atoms with Crippen LogP contribution in [0.3, 0.4) is 0 Å². The Morgan fingerprint density at radius 2 is 2.15 bits per heavy atom. The molecule has 4 heteroatoms. The van der Waals surface area contributed by atoms with Crippen molar-refractivity contribution >= 4 is 17.7 Å². The highest BCUT2D eigenvalue weighted by Gasteiger charge is 2.46.